The Bertz CT molecular complexity index is 294. The molecular weight excluding hydrogens is 174 g/mol. The molecular formula is C12H19NO. The second kappa shape index (κ2) is 4.58. The van der Waals surface area contributed by atoms with Crippen LogP contribution in [0.25, 0.3) is 0 Å². The number of nitrogens with two attached hydrogens (primary N) is 1. The van der Waals surface area contributed by atoms with Crippen LogP contribution < -0.4 is 5.90 Å². The topological polar surface area (TPSA) is 35.2 Å². The van der Waals surface area contributed by atoms with Crippen LogP contribution >= 0.6 is 0 Å². The van der Waals surface area contributed by atoms with Gasteiger partial charge in [-0.2, -0.15) is 0 Å². The van der Waals surface area contributed by atoms with Gasteiger partial charge in [0.25, 0.3) is 0 Å². The average Bonchev–Trinajstić information content (AvgIpc) is 2.15. The maximum atomic E-state index is 5.05. The van der Waals surface area contributed by atoms with E-state index in [9.17, 15) is 0 Å². The number of aryl methyl sites for hydroxylation is 1. The third-order valence-corrected chi connectivity index (χ3v) is 2.72. The second-order valence-corrected chi connectivity index (χ2v) is 4.32. The van der Waals surface area contributed by atoms with E-state index in [0.29, 0.717) is 6.61 Å². The van der Waals surface area contributed by atoms with E-state index in [1.807, 2.05) is 0 Å². The van der Waals surface area contributed by atoms with Gasteiger partial charge in [-0.05, 0) is 29.9 Å². The molecule has 0 saturated heterocycles. The minimum Gasteiger partial charge on any atom is -0.305 e. The zero-order chi connectivity index (χ0) is 10.6. The van der Waals surface area contributed by atoms with E-state index in [-0.39, 0.29) is 5.41 Å². The smallest absolute Gasteiger partial charge is 0.0687 e. The highest BCUT2D eigenvalue weighted by Gasteiger charge is 2.21. The lowest BCUT2D eigenvalue weighted by Gasteiger charge is -2.26. The summed E-state index contributed by atoms with van der Waals surface area (Å²) in [5.41, 5.74) is 2.83. The maximum Gasteiger partial charge on any atom is 0.0687 e. The summed E-state index contributed by atoms with van der Waals surface area (Å²) in [6.45, 7) is 7.17. The third kappa shape index (κ3) is 2.56. The Labute approximate surface area is 86.0 Å². The van der Waals surface area contributed by atoms with Gasteiger partial charge in [-0.3, -0.25) is 0 Å². The van der Waals surface area contributed by atoms with Gasteiger partial charge in [-0.25, -0.2) is 5.90 Å². The van der Waals surface area contributed by atoms with E-state index in [4.69, 9.17) is 5.90 Å². The van der Waals surface area contributed by atoms with E-state index in [2.05, 4.69) is 49.9 Å². The molecule has 0 aliphatic heterocycles. The van der Waals surface area contributed by atoms with Crippen molar-refractivity contribution in [3.05, 3.63) is 35.4 Å². The van der Waals surface area contributed by atoms with Crippen LogP contribution in [0.3, 0.4) is 0 Å². The molecule has 0 bridgehead atoms. The van der Waals surface area contributed by atoms with E-state index in [1.165, 1.54) is 11.1 Å². The maximum absolute atomic E-state index is 5.05. The summed E-state index contributed by atoms with van der Waals surface area (Å²) in [7, 11) is 0. The molecule has 14 heavy (non-hydrogen) atoms. The van der Waals surface area contributed by atoms with Gasteiger partial charge in [0, 0.05) is 0 Å². The molecule has 0 saturated carbocycles. The summed E-state index contributed by atoms with van der Waals surface area (Å²) in [6, 6.07) is 8.45. The number of rotatable bonds is 4. The molecule has 1 rings (SSSR count). The van der Waals surface area contributed by atoms with Crippen molar-refractivity contribution >= 4 is 0 Å². The molecule has 0 atom stereocenters. The van der Waals surface area contributed by atoms with Crippen LogP contribution in [-0.2, 0) is 10.3 Å². The first-order valence-electron chi connectivity index (χ1n) is 4.96. The van der Waals surface area contributed by atoms with E-state index in [0.717, 1.165) is 6.42 Å². The zero-order valence-corrected chi connectivity index (χ0v) is 9.21. The molecule has 0 aliphatic rings. The van der Waals surface area contributed by atoms with Crippen molar-refractivity contribution in [3.8, 4) is 0 Å². The minimum absolute atomic E-state index is 0.130. The van der Waals surface area contributed by atoms with Crippen molar-refractivity contribution in [1.82, 2.24) is 0 Å². The van der Waals surface area contributed by atoms with Crippen LogP contribution in [0.4, 0.5) is 0 Å². The Balaban J connectivity index is 2.86. The fourth-order valence-electron chi connectivity index (χ4n) is 1.78. The predicted octanol–water partition coefficient (Wildman–Crippen LogP) is 2.55. The van der Waals surface area contributed by atoms with Gasteiger partial charge >= 0.3 is 0 Å². The van der Waals surface area contributed by atoms with Crippen molar-refractivity contribution in [3.63, 3.8) is 0 Å². The van der Waals surface area contributed by atoms with Gasteiger partial charge in [0.15, 0.2) is 0 Å². The molecule has 1 aromatic rings. The summed E-state index contributed by atoms with van der Waals surface area (Å²) in [5, 5.41) is 0. The molecule has 2 N–H and O–H groups in total. The Morgan fingerprint density at radius 1 is 1.29 bits per heavy atom. The third-order valence-electron chi connectivity index (χ3n) is 2.72. The molecule has 0 aromatic heterocycles. The van der Waals surface area contributed by atoms with Crippen LogP contribution in [0.5, 0.6) is 0 Å². The van der Waals surface area contributed by atoms with Gasteiger partial charge in [0.1, 0.15) is 0 Å². The second-order valence-electron chi connectivity index (χ2n) is 4.32. The number of hydrogen-bond donors (Lipinski definition) is 1. The lowest BCUT2D eigenvalue weighted by molar-refractivity contribution is 0.121. The van der Waals surface area contributed by atoms with Crippen LogP contribution in [-0.4, -0.2) is 6.61 Å². The fourth-order valence-corrected chi connectivity index (χ4v) is 1.78. The highest BCUT2D eigenvalue weighted by molar-refractivity contribution is 5.32. The SMILES string of the molecule is Cc1ccccc1C(C)(C)CCON. The molecule has 0 aliphatic carbocycles. The van der Waals surface area contributed by atoms with Gasteiger partial charge < -0.3 is 4.84 Å². The first kappa shape index (κ1) is 11.2. The number of benzene rings is 1. The lowest BCUT2D eigenvalue weighted by atomic mass is 9.80. The molecule has 2 nitrogen and oxygen atoms in total. The van der Waals surface area contributed by atoms with E-state index in [1.54, 1.807) is 0 Å². The van der Waals surface area contributed by atoms with Crippen molar-refractivity contribution in [2.45, 2.75) is 32.6 Å². The standard InChI is InChI=1S/C12H19NO/c1-10-6-4-5-7-11(10)12(2,3)8-9-14-13/h4-7H,8-9,13H2,1-3H3. The van der Waals surface area contributed by atoms with E-state index < -0.39 is 0 Å². The molecule has 0 fully saturated rings. The van der Waals surface area contributed by atoms with Gasteiger partial charge in [0.05, 0.1) is 6.61 Å². The molecule has 0 amide bonds. The van der Waals surface area contributed by atoms with Crippen LogP contribution in [0, 0.1) is 6.92 Å². The molecule has 0 radical (unpaired) electrons. The van der Waals surface area contributed by atoms with Gasteiger partial charge in [-0.1, -0.05) is 38.1 Å². The molecule has 0 heterocycles. The first-order valence-corrected chi connectivity index (χ1v) is 4.96. The first-order chi connectivity index (χ1) is 6.58. The Morgan fingerprint density at radius 2 is 1.93 bits per heavy atom. The Kier molecular flexibility index (Phi) is 3.67. The summed E-state index contributed by atoms with van der Waals surface area (Å²) in [6.07, 6.45) is 0.939. The average molecular weight is 193 g/mol. The van der Waals surface area contributed by atoms with Crippen LogP contribution in [0.1, 0.15) is 31.4 Å². The zero-order valence-electron chi connectivity index (χ0n) is 9.21. The quantitative estimate of drug-likeness (QED) is 0.746. The van der Waals surface area contributed by atoms with Gasteiger partial charge in [-0.15, -0.1) is 0 Å². The van der Waals surface area contributed by atoms with Crippen molar-refractivity contribution in [2.75, 3.05) is 6.61 Å². The predicted molar refractivity (Wildman–Crippen MR) is 59.0 cm³/mol. The summed E-state index contributed by atoms with van der Waals surface area (Å²) in [5.74, 6) is 5.05. The number of hydrogen-bond acceptors (Lipinski definition) is 2. The highest BCUT2D eigenvalue weighted by atomic mass is 16.6. The monoisotopic (exact) mass is 193 g/mol. The summed E-state index contributed by atoms with van der Waals surface area (Å²) in [4.78, 5) is 4.64. The summed E-state index contributed by atoms with van der Waals surface area (Å²) < 4.78 is 0. The molecule has 1 aromatic carbocycles. The van der Waals surface area contributed by atoms with Crippen molar-refractivity contribution in [2.24, 2.45) is 5.90 Å². The summed E-state index contributed by atoms with van der Waals surface area (Å²) >= 11 is 0. The Hall–Kier alpha value is -0.860. The molecule has 0 spiro atoms. The van der Waals surface area contributed by atoms with Gasteiger partial charge in [0.2, 0.25) is 0 Å². The van der Waals surface area contributed by atoms with Crippen LogP contribution in [0.2, 0.25) is 0 Å². The largest absolute Gasteiger partial charge is 0.305 e. The van der Waals surface area contributed by atoms with Crippen molar-refractivity contribution < 1.29 is 4.84 Å². The molecule has 2 heteroatoms. The lowest BCUT2D eigenvalue weighted by Crippen LogP contribution is -2.21. The van der Waals surface area contributed by atoms with E-state index >= 15 is 0 Å². The highest BCUT2D eigenvalue weighted by Crippen LogP contribution is 2.29. The fraction of sp³-hybridized carbons (Fsp3) is 0.500. The van der Waals surface area contributed by atoms with Crippen molar-refractivity contribution in [1.29, 1.82) is 0 Å². The molecule has 0 unspecified atom stereocenters. The normalized spacial score (nSPS) is 11.7. The van der Waals surface area contributed by atoms with Crippen LogP contribution in [0.15, 0.2) is 24.3 Å². The molecule has 78 valence electrons. The Morgan fingerprint density at radius 3 is 2.50 bits per heavy atom. The minimum atomic E-state index is 0.130.